The van der Waals surface area contributed by atoms with E-state index in [0.717, 1.165) is 37.2 Å². The largest absolute Gasteiger partial charge is 0.543 e. The molecule has 4 heterocycles. The molecule has 3 aliphatic heterocycles. The van der Waals surface area contributed by atoms with Gasteiger partial charge in [-0.2, -0.15) is 9.36 Å². The van der Waals surface area contributed by atoms with Gasteiger partial charge in [0, 0.05) is 34.0 Å². The number of nitrogens with zero attached hydrogens (tertiary/aromatic N) is 5. The van der Waals surface area contributed by atoms with Crippen LogP contribution in [-0.4, -0.2) is 80.1 Å². The molecule has 36 heavy (non-hydrogen) atoms. The average Bonchev–Trinajstić information content (AvgIpc) is 3.42. The Kier molecular flexibility index (Phi) is 6.34. The second-order valence-corrected chi connectivity index (χ2v) is 11.1. The smallest absolute Gasteiger partial charge is 0.278 e. The van der Waals surface area contributed by atoms with E-state index < -0.39 is 29.2 Å². The summed E-state index contributed by atoms with van der Waals surface area (Å²) in [5.74, 6) is -2.29. The minimum atomic E-state index is -1.40. The van der Waals surface area contributed by atoms with Gasteiger partial charge in [-0.25, -0.2) is 0 Å². The Bertz CT molecular complexity index is 1250. The van der Waals surface area contributed by atoms with Gasteiger partial charge in [0.15, 0.2) is 5.13 Å². The van der Waals surface area contributed by atoms with Gasteiger partial charge in [0.1, 0.15) is 37.5 Å². The number of amides is 2. The van der Waals surface area contributed by atoms with E-state index in [0.29, 0.717) is 22.4 Å². The van der Waals surface area contributed by atoms with Crippen molar-refractivity contribution >= 4 is 51.9 Å². The summed E-state index contributed by atoms with van der Waals surface area (Å²) in [4.78, 5) is 48.0. The first-order chi connectivity index (χ1) is 17.2. The van der Waals surface area contributed by atoms with Crippen LogP contribution in [0.5, 0.6) is 0 Å². The first kappa shape index (κ1) is 24.5. The fourth-order valence-electron chi connectivity index (χ4n) is 5.11. The maximum atomic E-state index is 13.1. The highest BCUT2D eigenvalue weighted by atomic mass is 32.2. The van der Waals surface area contributed by atoms with Crippen molar-refractivity contribution in [3.63, 3.8) is 0 Å². The zero-order valence-electron chi connectivity index (χ0n) is 19.7. The number of carboxylic acid groups (broad SMARTS) is 1. The SMILES string of the molecule is CO/N=C(\C(=O)N[C@@H]1C(=O)N2C(C(=O)[O-])=C(C[N+]3(C)C=C4CCCCC4=C3)CS[C@H]12)c1nsc(N)n1. The zero-order valence-corrected chi connectivity index (χ0v) is 21.4. The number of hydrogen-bond acceptors (Lipinski definition) is 11. The lowest BCUT2D eigenvalue weighted by molar-refractivity contribution is -0.799. The van der Waals surface area contributed by atoms with E-state index in [2.05, 4.69) is 32.2 Å². The Morgan fingerprint density at radius 2 is 2.03 bits per heavy atom. The van der Waals surface area contributed by atoms with E-state index in [1.807, 2.05) is 7.05 Å². The maximum absolute atomic E-state index is 13.1. The Morgan fingerprint density at radius 1 is 1.33 bits per heavy atom. The summed E-state index contributed by atoms with van der Waals surface area (Å²) < 4.78 is 4.43. The van der Waals surface area contributed by atoms with Gasteiger partial charge in [-0.3, -0.25) is 19.0 Å². The number of nitrogen functional groups attached to an aromatic ring is 1. The topological polar surface area (TPSA) is 163 Å². The molecule has 0 aromatic carbocycles. The van der Waals surface area contributed by atoms with Gasteiger partial charge in [0.05, 0.1) is 18.7 Å². The van der Waals surface area contributed by atoms with Gasteiger partial charge < -0.3 is 25.8 Å². The fourth-order valence-corrected chi connectivity index (χ4v) is 6.88. The molecule has 0 radical (unpaired) electrons. The monoisotopic (exact) mass is 531 g/mol. The van der Waals surface area contributed by atoms with Crippen LogP contribution in [0, 0.1) is 0 Å². The number of nitrogens with two attached hydrogens (primary N) is 1. The van der Waals surface area contributed by atoms with Crippen LogP contribution < -0.4 is 16.2 Å². The number of anilines is 1. The Balaban J connectivity index is 1.34. The second kappa shape index (κ2) is 9.33. The van der Waals surface area contributed by atoms with Gasteiger partial charge in [-0.1, -0.05) is 5.16 Å². The third-order valence-corrected chi connectivity index (χ3v) is 8.45. The van der Waals surface area contributed by atoms with Crippen molar-refractivity contribution in [1.29, 1.82) is 0 Å². The predicted molar refractivity (Wildman–Crippen MR) is 131 cm³/mol. The van der Waals surface area contributed by atoms with Gasteiger partial charge in [-0.15, -0.1) is 11.8 Å². The Hall–Kier alpha value is -3.23. The molecule has 0 unspecified atom stereocenters. The number of rotatable bonds is 7. The number of carbonyl (C=O) groups is 3. The van der Waals surface area contributed by atoms with Crippen molar-refractivity contribution < 1.29 is 28.8 Å². The van der Waals surface area contributed by atoms with E-state index in [1.165, 1.54) is 34.9 Å². The summed E-state index contributed by atoms with van der Waals surface area (Å²) in [6.45, 7) is 0.429. The molecule has 2 amide bonds. The number of allylic oxidation sites excluding steroid dienone is 2. The van der Waals surface area contributed by atoms with Crippen LogP contribution in [0.25, 0.3) is 0 Å². The minimum Gasteiger partial charge on any atom is -0.543 e. The standard InChI is InChI=1S/C22H25N7O5S2/c1-29(7-11-5-3-4-6-12(11)8-29)9-13-10-35-20-15(19(31)28(20)16(13)21(32)33)24-18(30)14(26-34-2)17-25-22(23)36-27-17/h7-8,15,20H,3-6,9-10H2,1-2H3,(H3-,23,24,25,27,30,32,33)/b26-14-/t15-,20-/m1/s1. The molecule has 1 aromatic rings. The highest BCUT2D eigenvalue weighted by molar-refractivity contribution is 8.00. The molecule has 3 N–H and O–H groups in total. The van der Waals surface area contributed by atoms with Gasteiger partial charge in [-0.05, 0) is 25.7 Å². The van der Waals surface area contributed by atoms with Crippen molar-refractivity contribution in [2.24, 2.45) is 5.16 Å². The molecule has 14 heteroatoms. The molecular formula is C22H25N7O5S2. The van der Waals surface area contributed by atoms with Crippen molar-refractivity contribution in [1.82, 2.24) is 19.6 Å². The Labute approximate surface area is 215 Å². The van der Waals surface area contributed by atoms with Crippen LogP contribution in [0.3, 0.4) is 0 Å². The number of nitrogens with one attached hydrogen (secondary N) is 1. The number of aliphatic carboxylic acids is 1. The zero-order chi connectivity index (χ0) is 25.6. The van der Waals surface area contributed by atoms with Gasteiger partial charge >= 0.3 is 0 Å². The number of oxime groups is 1. The fraction of sp³-hybridized carbons (Fsp3) is 0.455. The van der Waals surface area contributed by atoms with Crippen molar-refractivity contribution in [3.8, 4) is 0 Å². The molecular weight excluding hydrogens is 506 g/mol. The second-order valence-electron chi connectivity index (χ2n) is 9.20. The van der Waals surface area contributed by atoms with Crippen LogP contribution >= 0.6 is 23.3 Å². The number of hydrogen-bond donors (Lipinski definition) is 2. The number of quaternary nitrogens is 1. The third kappa shape index (κ3) is 4.29. The summed E-state index contributed by atoms with van der Waals surface area (Å²) in [6, 6.07) is -0.944. The number of likely N-dealkylation sites (N-methyl/N-ethyl adjacent to an activating group) is 1. The summed E-state index contributed by atoms with van der Waals surface area (Å²) in [6.07, 6.45) is 8.75. The van der Waals surface area contributed by atoms with E-state index in [9.17, 15) is 19.5 Å². The van der Waals surface area contributed by atoms with Crippen LogP contribution in [0.15, 0.2) is 40.0 Å². The predicted octanol–water partition coefficient (Wildman–Crippen LogP) is -0.323. The third-order valence-electron chi connectivity index (χ3n) is 6.57. The Morgan fingerprint density at radius 3 is 2.61 bits per heavy atom. The van der Waals surface area contributed by atoms with Crippen molar-refractivity contribution in [3.05, 3.63) is 40.6 Å². The highest BCUT2D eigenvalue weighted by Crippen LogP contribution is 2.42. The van der Waals surface area contributed by atoms with Crippen molar-refractivity contribution in [2.45, 2.75) is 37.1 Å². The van der Waals surface area contributed by atoms with Crippen LogP contribution in [0.4, 0.5) is 5.13 Å². The molecule has 12 nitrogen and oxygen atoms in total. The molecule has 0 spiro atoms. The van der Waals surface area contributed by atoms with Gasteiger partial charge in [0.2, 0.25) is 11.5 Å². The number of β-lactam (4-membered cyclic amide) rings is 1. The number of aromatic nitrogens is 2. The normalized spacial score (nSPS) is 24.9. The maximum Gasteiger partial charge on any atom is 0.278 e. The average molecular weight is 532 g/mol. The number of carbonyl (C=O) groups excluding carboxylic acids is 3. The molecule has 1 saturated heterocycles. The molecule has 0 bridgehead atoms. The lowest BCUT2D eigenvalue weighted by atomic mass is 9.92. The number of carboxylic acids is 1. The van der Waals surface area contributed by atoms with Crippen LogP contribution in [0.1, 0.15) is 31.5 Å². The molecule has 1 aliphatic carbocycles. The minimum absolute atomic E-state index is 0.0271. The lowest BCUT2D eigenvalue weighted by Gasteiger charge is -2.51. The molecule has 1 aromatic heterocycles. The molecule has 2 fully saturated rings. The van der Waals surface area contributed by atoms with E-state index >= 15 is 0 Å². The summed E-state index contributed by atoms with van der Waals surface area (Å²) in [5, 5.41) is 18.0. The van der Waals surface area contributed by atoms with Crippen molar-refractivity contribution in [2.75, 3.05) is 32.2 Å². The molecule has 5 rings (SSSR count). The molecule has 1 saturated carbocycles. The highest BCUT2D eigenvalue weighted by Gasteiger charge is 2.54. The quantitative estimate of drug-likeness (QED) is 0.208. The van der Waals surface area contributed by atoms with E-state index in [1.54, 1.807) is 0 Å². The first-order valence-electron chi connectivity index (χ1n) is 11.4. The van der Waals surface area contributed by atoms with E-state index in [-0.39, 0.29) is 22.4 Å². The summed E-state index contributed by atoms with van der Waals surface area (Å²) in [5.41, 5.74) is 8.54. The first-order valence-corrected chi connectivity index (χ1v) is 13.2. The number of fused-ring (bicyclic) bond motifs is 2. The lowest BCUT2D eigenvalue weighted by Crippen LogP contribution is -2.71. The van der Waals surface area contributed by atoms with E-state index in [4.69, 9.17) is 10.6 Å². The number of thioether (sulfide) groups is 1. The van der Waals surface area contributed by atoms with Crippen LogP contribution in [-0.2, 0) is 19.2 Å². The molecule has 4 aliphatic rings. The van der Waals surface area contributed by atoms with Gasteiger partial charge in [0.25, 0.3) is 11.8 Å². The summed E-state index contributed by atoms with van der Waals surface area (Å²) >= 11 is 2.29. The van der Waals surface area contributed by atoms with Crippen LogP contribution in [0.2, 0.25) is 0 Å². The molecule has 2 atom stereocenters. The molecule has 190 valence electrons. The summed E-state index contributed by atoms with van der Waals surface area (Å²) in [7, 11) is 3.30.